The summed E-state index contributed by atoms with van der Waals surface area (Å²) < 4.78 is 39.8. The Kier molecular flexibility index (Phi) is 7.36. The topological polar surface area (TPSA) is 52.9 Å². The maximum atomic E-state index is 13.3. The van der Waals surface area contributed by atoms with E-state index < -0.39 is 17.8 Å². The van der Waals surface area contributed by atoms with Gasteiger partial charge in [0.25, 0.3) is 0 Å². The van der Waals surface area contributed by atoms with Crippen molar-refractivity contribution >= 4 is 18.2 Å². The predicted molar refractivity (Wildman–Crippen MR) is 111 cm³/mol. The summed E-state index contributed by atoms with van der Waals surface area (Å²) in [6.45, 7) is 7.13. The summed E-state index contributed by atoms with van der Waals surface area (Å²) in [5, 5.41) is 10.8. The molecule has 0 fully saturated rings. The minimum atomic E-state index is -4.45. The molecule has 2 unspecified atom stereocenters. The van der Waals surface area contributed by atoms with Crippen LogP contribution in [0.5, 0.6) is 0 Å². The second-order valence-electron chi connectivity index (χ2n) is 7.08. The molecule has 1 aromatic heterocycles. The van der Waals surface area contributed by atoms with Crippen LogP contribution in [0.2, 0.25) is 0 Å². The molecule has 0 aliphatic heterocycles. The Hall–Kier alpha value is -2.90. The molecule has 2 rings (SSSR count). The smallest absolute Gasteiger partial charge is 0.377 e. The van der Waals surface area contributed by atoms with Gasteiger partial charge in [-0.3, -0.25) is 4.98 Å². The molecule has 1 aromatic carbocycles. The Morgan fingerprint density at radius 2 is 1.93 bits per heavy atom. The number of aromatic nitrogens is 1. The third-order valence-electron chi connectivity index (χ3n) is 4.58. The molecule has 0 saturated carbocycles. The van der Waals surface area contributed by atoms with Crippen LogP contribution in [-0.2, 0) is 6.18 Å². The first-order valence-electron chi connectivity index (χ1n) is 9.22. The average Bonchev–Trinajstić information content (AvgIpc) is 2.67. The second-order valence-corrected chi connectivity index (χ2v) is 7.08. The van der Waals surface area contributed by atoms with Crippen LogP contribution in [0.4, 0.5) is 18.9 Å². The van der Waals surface area contributed by atoms with Gasteiger partial charge in [0.1, 0.15) is 5.84 Å². The summed E-state index contributed by atoms with van der Waals surface area (Å²) in [6.07, 6.45) is -2.42. The van der Waals surface area contributed by atoms with Gasteiger partial charge >= 0.3 is 6.18 Å². The highest BCUT2D eigenvalue weighted by Crippen LogP contribution is 2.34. The van der Waals surface area contributed by atoms with Crippen molar-refractivity contribution in [1.82, 2.24) is 9.88 Å². The van der Waals surface area contributed by atoms with E-state index in [2.05, 4.69) is 34.1 Å². The highest BCUT2D eigenvalue weighted by atomic mass is 19.4. The van der Waals surface area contributed by atoms with Gasteiger partial charge in [-0.05, 0) is 42.7 Å². The molecule has 2 atom stereocenters. The number of amidine groups is 1. The van der Waals surface area contributed by atoms with Crippen molar-refractivity contribution in [2.45, 2.75) is 38.4 Å². The van der Waals surface area contributed by atoms with Crippen molar-refractivity contribution in [2.24, 2.45) is 10.2 Å². The number of pyridine rings is 1. The fourth-order valence-corrected chi connectivity index (χ4v) is 3.04. The van der Waals surface area contributed by atoms with Crippen molar-refractivity contribution in [3.63, 3.8) is 0 Å². The monoisotopic (exact) mass is 405 g/mol. The average molecular weight is 405 g/mol. The zero-order valence-electron chi connectivity index (χ0n) is 17.0. The van der Waals surface area contributed by atoms with Gasteiger partial charge in [0, 0.05) is 39.1 Å². The van der Waals surface area contributed by atoms with Crippen molar-refractivity contribution in [2.75, 3.05) is 19.4 Å². The van der Waals surface area contributed by atoms with Gasteiger partial charge in [-0.25, -0.2) is 0 Å². The minimum absolute atomic E-state index is 0.0301. The third-order valence-corrected chi connectivity index (χ3v) is 4.58. The van der Waals surface area contributed by atoms with E-state index in [1.54, 1.807) is 6.92 Å². The van der Waals surface area contributed by atoms with Gasteiger partial charge in [-0.15, -0.1) is 5.10 Å². The Bertz CT molecular complexity index is 861. The van der Waals surface area contributed by atoms with Crippen LogP contribution in [0.3, 0.4) is 0 Å². The van der Waals surface area contributed by atoms with Crippen LogP contribution in [0.25, 0.3) is 0 Å². The minimum Gasteiger partial charge on any atom is -0.377 e. The molecule has 2 aromatic rings. The predicted octanol–water partition coefficient (Wildman–Crippen LogP) is 5.34. The lowest BCUT2D eigenvalue weighted by atomic mass is 9.96. The normalized spacial score (nSPS) is 14.2. The number of hydrogen-bond donors (Lipinski definition) is 1. The number of anilines is 1. The Labute approximate surface area is 169 Å². The van der Waals surface area contributed by atoms with Crippen LogP contribution in [0.1, 0.15) is 49.0 Å². The number of halogens is 3. The van der Waals surface area contributed by atoms with E-state index in [-0.39, 0.29) is 11.6 Å². The van der Waals surface area contributed by atoms with E-state index >= 15 is 0 Å². The number of nitrogens with one attached hydrogen (secondary N) is 1. The number of nitrogens with zero attached hydrogens (tertiary/aromatic N) is 4. The van der Waals surface area contributed by atoms with Crippen LogP contribution in [-0.4, -0.2) is 36.5 Å². The molecular formula is C21H26F3N5. The first kappa shape index (κ1) is 22.4. The Morgan fingerprint density at radius 3 is 2.55 bits per heavy atom. The highest BCUT2D eigenvalue weighted by Gasteiger charge is 2.35. The summed E-state index contributed by atoms with van der Waals surface area (Å²) >= 11 is 0. The fraction of sp³-hybridized carbons (Fsp3) is 0.381. The number of rotatable bonds is 7. The summed E-state index contributed by atoms with van der Waals surface area (Å²) in [6, 6.07) is 9.36. The molecule has 0 amide bonds. The maximum absolute atomic E-state index is 13.3. The first-order valence-corrected chi connectivity index (χ1v) is 9.22. The maximum Gasteiger partial charge on any atom is 0.418 e. The lowest BCUT2D eigenvalue weighted by Gasteiger charge is -2.21. The van der Waals surface area contributed by atoms with Crippen molar-refractivity contribution in [3.05, 3.63) is 59.4 Å². The van der Waals surface area contributed by atoms with Crippen LogP contribution < -0.4 is 5.32 Å². The number of alkyl halides is 3. The van der Waals surface area contributed by atoms with E-state index in [0.29, 0.717) is 6.42 Å². The molecule has 1 N–H and O–H groups in total. The summed E-state index contributed by atoms with van der Waals surface area (Å²) in [7, 11) is 3.78. The number of hydrogen-bond acceptors (Lipinski definition) is 4. The molecule has 0 aliphatic carbocycles. The molecule has 156 valence electrons. The molecule has 0 bridgehead atoms. The SMILES string of the molecule is C=N/N=C(/CC(C)c1cccc(NC(C)c2ncccc2C(F)(F)F)c1)N(C)C. The van der Waals surface area contributed by atoms with E-state index in [0.717, 1.165) is 23.2 Å². The second kappa shape index (κ2) is 9.54. The summed E-state index contributed by atoms with van der Waals surface area (Å²) in [5.41, 5.74) is 1.01. The molecule has 0 radical (unpaired) electrons. The first-order chi connectivity index (χ1) is 13.6. The number of benzene rings is 1. The van der Waals surface area contributed by atoms with Crippen molar-refractivity contribution in [3.8, 4) is 0 Å². The summed E-state index contributed by atoms with van der Waals surface area (Å²) in [4.78, 5) is 5.84. The van der Waals surface area contributed by atoms with Gasteiger partial charge in [-0.2, -0.15) is 18.3 Å². The molecule has 0 spiro atoms. The standard InChI is InChI=1S/C21H26F3N5/c1-14(12-19(28-25-3)29(4)5)16-8-6-9-17(13-16)27-15(2)20-18(21(22,23)24)10-7-11-26-20/h6-11,13-15,27H,3,12H2,1-2,4-5H3/b28-19-. The van der Waals surface area contributed by atoms with E-state index in [4.69, 9.17) is 0 Å². The van der Waals surface area contributed by atoms with Crippen molar-refractivity contribution < 1.29 is 13.2 Å². The van der Waals surface area contributed by atoms with Gasteiger partial charge < -0.3 is 10.2 Å². The lowest BCUT2D eigenvalue weighted by molar-refractivity contribution is -0.138. The molecule has 29 heavy (non-hydrogen) atoms. The molecule has 0 aliphatic rings. The Morgan fingerprint density at radius 1 is 1.21 bits per heavy atom. The molecular weight excluding hydrogens is 379 g/mol. The van der Waals surface area contributed by atoms with Gasteiger partial charge in [0.05, 0.1) is 17.3 Å². The molecule has 8 heteroatoms. The van der Waals surface area contributed by atoms with E-state index in [1.165, 1.54) is 12.3 Å². The van der Waals surface area contributed by atoms with E-state index in [9.17, 15) is 13.2 Å². The van der Waals surface area contributed by atoms with Gasteiger partial charge in [0.2, 0.25) is 0 Å². The van der Waals surface area contributed by atoms with E-state index in [1.807, 2.05) is 43.3 Å². The fourth-order valence-electron chi connectivity index (χ4n) is 3.04. The quantitative estimate of drug-likeness (QED) is 0.384. The molecule has 0 saturated heterocycles. The van der Waals surface area contributed by atoms with Crippen LogP contribution in [0, 0.1) is 0 Å². The third kappa shape index (κ3) is 6.04. The highest BCUT2D eigenvalue weighted by molar-refractivity contribution is 5.82. The van der Waals surface area contributed by atoms with Gasteiger partial charge in [-0.1, -0.05) is 19.1 Å². The lowest BCUT2D eigenvalue weighted by Crippen LogP contribution is -2.23. The largest absolute Gasteiger partial charge is 0.418 e. The van der Waals surface area contributed by atoms with Gasteiger partial charge in [0.15, 0.2) is 0 Å². The molecule has 1 heterocycles. The summed E-state index contributed by atoms with van der Waals surface area (Å²) in [5.74, 6) is 0.929. The zero-order valence-corrected chi connectivity index (χ0v) is 17.0. The van der Waals surface area contributed by atoms with Crippen LogP contribution in [0.15, 0.2) is 52.8 Å². The van der Waals surface area contributed by atoms with Crippen LogP contribution >= 0.6 is 0 Å². The van der Waals surface area contributed by atoms with Crippen molar-refractivity contribution in [1.29, 1.82) is 0 Å². The Balaban J connectivity index is 2.20. The zero-order chi connectivity index (χ0) is 21.6. The molecule has 5 nitrogen and oxygen atoms in total.